The van der Waals surface area contributed by atoms with Gasteiger partial charge in [-0.15, -0.1) is 13.2 Å². The zero-order valence-corrected chi connectivity index (χ0v) is 16.1. The molecule has 1 heterocycles. The van der Waals surface area contributed by atoms with Crippen molar-refractivity contribution in [2.24, 2.45) is 0 Å². The summed E-state index contributed by atoms with van der Waals surface area (Å²) in [5.74, 6) is -0.469. The van der Waals surface area contributed by atoms with E-state index < -0.39 is 22.7 Å². The van der Waals surface area contributed by atoms with E-state index in [0.29, 0.717) is 11.1 Å². The fourth-order valence-corrected chi connectivity index (χ4v) is 3.01. The van der Waals surface area contributed by atoms with Crippen molar-refractivity contribution in [2.75, 3.05) is 0 Å². The molecular formula is C16H11BrF3N5O4. The molecule has 3 rings (SSSR count). The molecule has 152 valence electrons. The second-order valence-electron chi connectivity index (χ2n) is 5.87. The van der Waals surface area contributed by atoms with Gasteiger partial charge in [-0.1, -0.05) is 6.07 Å². The van der Waals surface area contributed by atoms with Crippen molar-refractivity contribution in [2.45, 2.75) is 19.8 Å². The molecule has 0 aliphatic heterocycles. The van der Waals surface area contributed by atoms with Crippen LogP contribution in [0.3, 0.4) is 0 Å². The van der Waals surface area contributed by atoms with E-state index in [4.69, 9.17) is 0 Å². The lowest BCUT2D eigenvalue weighted by molar-refractivity contribution is -0.385. The van der Waals surface area contributed by atoms with Crippen LogP contribution >= 0.6 is 15.9 Å². The molecule has 0 fully saturated rings. The van der Waals surface area contributed by atoms with Crippen LogP contribution in [0.15, 0.2) is 45.7 Å². The van der Waals surface area contributed by atoms with E-state index in [0.717, 1.165) is 15.4 Å². The molecule has 0 saturated carbocycles. The minimum atomic E-state index is -4.85. The Labute approximate surface area is 168 Å². The number of ether oxygens (including phenoxy) is 1. The number of nitro groups is 1. The molecule has 1 aromatic heterocycles. The third kappa shape index (κ3) is 4.62. The van der Waals surface area contributed by atoms with Gasteiger partial charge in [0.05, 0.1) is 21.6 Å². The third-order valence-electron chi connectivity index (χ3n) is 3.82. The van der Waals surface area contributed by atoms with Gasteiger partial charge in [-0.25, -0.2) is 4.79 Å². The van der Waals surface area contributed by atoms with E-state index in [2.05, 4.69) is 31.1 Å². The van der Waals surface area contributed by atoms with Crippen molar-refractivity contribution >= 4 is 21.6 Å². The van der Waals surface area contributed by atoms with Crippen molar-refractivity contribution in [1.82, 2.24) is 19.8 Å². The topological polar surface area (TPSA) is 105 Å². The highest BCUT2D eigenvalue weighted by Crippen LogP contribution is 2.31. The molecule has 0 amide bonds. The first-order valence-corrected chi connectivity index (χ1v) is 8.67. The summed E-state index contributed by atoms with van der Waals surface area (Å²) in [5, 5.41) is 18.3. The first kappa shape index (κ1) is 20.5. The molecule has 0 bridgehead atoms. The summed E-state index contributed by atoms with van der Waals surface area (Å²) in [7, 11) is 0. The number of halogens is 4. The second kappa shape index (κ2) is 7.66. The molecule has 0 atom stereocenters. The molecule has 0 aliphatic rings. The van der Waals surface area contributed by atoms with Crippen LogP contribution < -0.4 is 10.4 Å². The molecular weight excluding hydrogens is 463 g/mol. The summed E-state index contributed by atoms with van der Waals surface area (Å²) >= 11 is 2.96. The molecule has 0 aliphatic carbocycles. The Morgan fingerprint density at radius 2 is 1.93 bits per heavy atom. The van der Waals surface area contributed by atoms with Gasteiger partial charge in [-0.3, -0.25) is 10.1 Å². The largest absolute Gasteiger partial charge is 0.573 e. The fourth-order valence-electron chi connectivity index (χ4n) is 2.56. The molecule has 9 nitrogen and oxygen atoms in total. The van der Waals surface area contributed by atoms with Gasteiger partial charge in [-0.2, -0.15) is 9.36 Å². The van der Waals surface area contributed by atoms with Gasteiger partial charge >= 0.3 is 12.1 Å². The summed E-state index contributed by atoms with van der Waals surface area (Å²) in [4.78, 5) is 22.9. The van der Waals surface area contributed by atoms with E-state index >= 15 is 0 Å². The molecule has 0 unspecified atom stereocenters. The van der Waals surface area contributed by atoms with E-state index in [-0.39, 0.29) is 22.4 Å². The minimum absolute atomic E-state index is 0.00804. The number of nitro benzene ring substituents is 1. The highest BCUT2D eigenvalue weighted by molar-refractivity contribution is 9.10. The van der Waals surface area contributed by atoms with Crippen LogP contribution in [-0.2, 0) is 6.54 Å². The van der Waals surface area contributed by atoms with Gasteiger partial charge in [0.1, 0.15) is 5.75 Å². The first-order chi connectivity index (χ1) is 13.5. The normalized spacial score (nSPS) is 11.5. The first-order valence-electron chi connectivity index (χ1n) is 7.87. The number of aromatic nitrogens is 4. The SMILES string of the molecule is Cc1cc(Cn2nnn(-c3ccc(OC(F)(F)F)c(Br)c3)c2=O)ccc1[N+](=O)[O-]. The van der Waals surface area contributed by atoms with E-state index in [9.17, 15) is 28.1 Å². The molecule has 13 heteroatoms. The Hall–Kier alpha value is -3.22. The van der Waals surface area contributed by atoms with Crippen LogP contribution in [0.4, 0.5) is 18.9 Å². The maximum Gasteiger partial charge on any atom is 0.573 e. The molecule has 0 radical (unpaired) electrons. The summed E-state index contributed by atoms with van der Waals surface area (Å²) in [5.41, 5.74) is 0.505. The number of aryl methyl sites for hydroxylation is 1. The van der Waals surface area contributed by atoms with E-state index in [1.54, 1.807) is 13.0 Å². The molecule has 3 aromatic rings. The van der Waals surface area contributed by atoms with Crippen LogP contribution in [0.1, 0.15) is 11.1 Å². The Bertz CT molecular complexity index is 1140. The second-order valence-corrected chi connectivity index (χ2v) is 6.73. The summed E-state index contributed by atoms with van der Waals surface area (Å²) in [6.45, 7) is 1.58. The van der Waals surface area contributed by atoms with E-state index in [1.807, 2.05) is 0 Å². The van der Waals surface area contributed by atoms with Crippen LogP contribution in [0.25, 0.3) is 5.69 Å². The van der Waals surface area contributed by atoms with Crippen LogP contribution in [-0.4, -0.2) is 31.1 Å². The van der Waals surface area contributed by atoms with Gasteiger partial charge in [0.15, 0.2) is 0 Å². The lowest BCUT2D eigenvalue weighted by atomic mass is 10.1. The number of tetrazole rings is 1. The number of rotatable bonds is 5. The maximum absolute atomic E-state index is 12.5. The average Bonchev–Trinajstić information content (AvgIpc) is 2.96. The number of benzene rings is 2. The monoisotopic (exact) mass is 473 g/mol. The van der Waals surface area contributed by atoms with Crippen molar-refractivity contribution in [3.05, 3.63) is 72.6 Å². The number of alkyl halides is 3. The highest BCUT2D eigenvalue weighted by Gasteiger charge is 2.32. The Balaban J connectivity index is 1.86. The molecule has 2 aromatic carbocycles. The quantitative estimate of drug-likeness (QED) is 0.415. The minimum Gasteiger partial charge on any atom is -0.405 e. The van der Waals surface area contributed by atoms with Crippen molar-refractivity contribution in [1.29, 1.82) is 0 Å². The van der Waals surface area contributed by atoms with Gasteiger partial charge in [0, 0.05) is 11.6 Å². The lowest BCUT2D eigenvalue weighted by Crippen LogP contribution is -2.25. The molecule has 0 saturated heterocycles. The van der Waals surface area contributed by atoms with Gasteiger partial charge in [0.25, 0.3) is 5.69 Å². The zero-order chi connectivity index (χ0) is 21.3. The van der Waals surface area contributed by atoms with Crippen molar-refractivity contribution in [3.8, 4) is 11.4 Å². The number of hydrogen-bond donors (Lipinski definition) is 0. The number of nitrogens with zero attached hydrogens (tertiary/aromatic N) is 5. The molecule has 0 spiro atoms. The predicted octanol–water partition coefficient (Wildman–Crippen LogP) is 3.36. The Morgan fingerprint density at radius 3 is 2.52 bits per heavy atom. The summed E-state index contributed by atoms with van der Waals surface area (Å²) in [6, 6.07) is 7.88. The predicted molar refractivity (Wildman–Crippen MR) is 96.9 cm³/mol. The maximum atomic E-state index is 12.5. The fraction of sp³-hybridized carbons (Fsp3) is 0.188. The third-order valence-corrected chi connectivity index (χ3v) is 4.44. The van der Waals surface area contributed by atoms with Crippen molar-refractivity contribution in [3.63, 3.8) is 0 Å². The smallest absolute Gasteiger partial charge is 0.405 e. The highest BCUT2D eigenvalue weighted by atomic mass is 79.9. The summed E-state index contributed by atoms with van der Waals surface area (Å²) in [6.07, 6.45) is -4.85. The Kier molecular flexibility index (Phi) is 5.42. The zero-order valence-electron chi connectivity index (χ0n) is 14.6. The van der Waals surface area contributed by atoms with Crippen LogP contribution in [0, 0.1) is 17.0 Å². The molecule has 29 heavy (non-hydrogen) atoms. The van der Waals surface area contributed by atoms with Crippen LogP contribution in [0.2, 0.25) is 0 Å². The molecule has 0 N–H and O–H groups in total. The Morgan fingerprint density at radius 1 is 1.21 bits per heavy atom. The van der Waals surface area contributed by atoms with E-state index in [1.165, 1.54) is 24.3 Å². The standard InChI is InChI=1S/C16H11BrF3N5O4/c1-9-6-10(2-4-13(9)25(27)28)8-23-15(26)24(22-21-23)11-3-5-14(12(17)7-11)29-16(18,19)20/h2-7H,8H2,1H3. The lowest BCUT2D eigenvalue weighted by Gasteiger charge is -2.11. The average molecular weight is 474 g/mol. The number of hydrogen-bond acceptors (Lipinski definition) is 6. The van der Waals surface area contributed by atoms with Gasteiger partial charge < -0.3 is 4.74 Å². The summed E-state index contributed by atoms with van der Waals surface area (Å²) < 4.78 is 42.8. The van der Waals surface area contributed by atoms with Gasteiger partial charge in [0.2, 0.25) is 0 Å². The van der Waals surface area contributed by atoms with Gasteiger partial charge in [-0.05, 0) is 63.1 Å². The van der Waals surface area contributed by atoms with Crippen molar-refractivity contribution < 1.29 is 22.8 Å². The van der Waals surface area contributed by atoms with Crippen LogP contribution in [0.5, 0.6) is 5.75 Å².